The van der Waals surface area contributed by atoms with Crippen molar-refractivity contribution >= 4 is 5.97 Å². The molecule has 0 bridgehead atoms. The Labute approximate surface area is 82.7 Å². The van der Waals surface area contributed by atoms with Crippen molar-refractivity contribution in [2.45, 2.75) is 19.4 Å². The third kappa shape index (κ3) is 1.93. The predicted octanol–water partition coefficient (Wildman–Crippen LogP) is 0.328. The van der Waals surface area contributed by atoms with E-state index in [0.29, 0.717) is 0 Å². The van der Waals surface area contributed by atoms with Gasteiger partial charge in [0.1, 0.15) is 6.04 Å². The first-order valence-electron chi connectivity index (χ1n) is 4.52. The minimum Gasteiger partial charge on any atom is -0.480 e. The van der Waals surface area contributed by atoms with Crippen LogP contribution < -0.4 is 5.32 Å². The lowest BCUT2D eigenvalue weighted by Gasteiger charge is -2.09. The van der Waals surface area contributed by atoms with Crippen LogP contribution in [0.15, 0.2) is 6.20 Å². The Hall–Kier alpha value is -1.36. The van der Waals surface area contributed by atoms with Crippen LogP contribution in [0.2, 0.25) is 0 Å². The van der Waals surface area contributed by atoms with Crippen LogP contribution in [0.5, 0.6) is 0 Å². The predicted molar refractivity (Wildman–Crippen MR) is 52.0 cm³/mol. The second-order valence-corrected chi connectivity index (χ2v) is 3.12. The fourth-order valence-electron chi connectivity index (χ4n) is 1.48. The van der Waals surface area contributed by atoms with Gasteiger partial charge < -0.3 is 10.4 Å². The molecule has 0 aliphatic rings. The molecule has 5 nitrogen and oxygen atoms in total. The summed E-state index contributed by atoms with van der Waals surface area (Å²) in [5.74, 6) is -0.879. The summed E-state index contributed by atoms with van der Waals surface area (Å²) in [6.45, 7) is 1.96. The zero-order valence-corrected chi connectivity index (χ0v) is 8.61. The number of nitrogens with zero attached hydrogens (tertiary/aromatic N) is 2. The largest absolute Gasteiger partial charge is 0.480 e. The van der Waals surface area contributed by atoms with Crippen molar-refractivity contribution in [3.05, 3.63) is 17.5 Å². The number of carboxylic acid groups (broad SMARTS) is 1. The highest BCUT2D eigenvalue weighted by molar-refractivity contribution is 5.75. The van der Waals surface area contributed by atoms with E-state index in [-0.39, 0.29) is 0 Å². The molecule has 78 valence electrons. The summed E-state index contributed by atoms with van der Waals surface area (Å²) in [5, 5.41) is 15.9. The molecule has 0 amide bonds. The molecule has 0 saturated carbocycles. The minimum absolute atomic E-state index is 0.668. The number of aromatic nitrogens is 2. The van der Waals surface area contributed by atoms with Gasteiger partial charge in [-0.15, -0.1) is 0 Å². The van der Waals surface area contributed by atoms with Crippen molar-refractivity contribution in [1.29, 1.82) is 0 Å². The maximum Gasteiger partial charge on any atom is 0.325 e. The van der Waals surface area contributed by atoms with E-state index < -0.39 is 12.0 Å². The maximum atomic E-state index is 10.9. The van der Waals surface area contributed by atoms with Gasteiger partial charge in [0.2, 0.25) is 0 Å². The molecular weight excluding hydrogens is 182 g/mol. The number of aryl methyl sites for hydroxylation is 2. The minimum atomic E-state index is -0.879. The van der Waals surface area contributed by atoms with Crippen molar-refractivity contribution in [2.24, 2.45) is 7.05 Å². The Morgan fingerprint density at radius 2 is 2.43 bits per heavy atom. The maximum absolute atomic E-state index is 10.9. The van der Waals surface area contributed by atoms with E-state index in [0.717, 1.165) is 17.7 Å². The lowest BCUT2D eigenvalue weighted by Crippen LogP contribution is -2.25. The molecule has 1 unspecified atom stereocenters. The van der Waals surface area contributed by atoms with Gasteiger partial charge in [-0.2, -0.15) is 5.10 Å². The molecule has 0 radical (unpaired) electrons. The summed E-state index contributed by atoms with van der Waals surface area (Å²) < 4.78 is 1.64. The molecule has 5 heteroatoms. The monoisotopic (exact) mass is 197 g/mol. The lowest BCUT2D eigenvalue weighted by molar-refractivity contribution is -0.139. The van der Waals surface area contributed by atoms with Gasteiger partial charge in [-0.3, -0.25) is 9.48 Å². The highest BCUT2D eigenvalue weighted by Crippen LogP contribution is 2.17. The number of carboxylic acids is 1. The van der Waals surface area contributed by atoms with Crippen LogP contribution in [0.4, 0.5) is 0 Å². The van der Waals surface area contributed by atoms with Crippen LogP contribution in [-0.2, 0) is 18.3 Å². The summed E-state index contributed by atoms with van der Waals surface area (Å²) >= 11 is 0. The average molecular weight is 197 g/mol. The van der Waals surface area contributed by atoms with E-state index in [9.17, 15) is 4.79 Å². The van der Waals surface area contributed by atoms with E-state index in [1.807, 2.05) is 6.92 Å². The molecule has 1 rings (SSSR count). The van der Waals surface area contributed by atoms with Gasteiger partial charge in [-0.1, -0.05) is 6.92 Å². The Bertz CT molecular complexity index is 333. The zero-order chi connectivity index (χ0) is 10.7. The molecule has 0 spiro atoms. The highest BCUT2D eigenvalue weighted by Gasteiger charge is 2.22. The second kappa shape index (κ2) is 4.23. The van der Waals surface area contributed by atoms with E-state index in [1.54, 1.807) is 25.0 Å². The second-order valence-electron chi connectivity index (χ2n) is 3.12. The van der Waals surface area contributed by atoms with E-state index in [1.165, 1.54) is 0 Å². The molecule has 1 aromatic heterocycles. The first kappa shape index (κ1) is 10.7. The number of rotatable bonds is 4. The van der Waals surface area contributed by atoms with Gasteiger partial charge in [0, 0.05) is 18.8 Å². The third-order valence-corrected chi connectivity index (χ3v) is 2.12. The molecule has 1 heterocycles. The first-order valence-corrected chi connectivity index (χ1v) is 4.52. The van der Waals surface area contributed by atoms with Crippen LogP contribution in [0.1, 0.15) is 24.2 Å². The fourth-order valence-corrected chi connectivity index (χ4v) is 1.48. The summed E-state index contributed by atoms with van der Waals surface area (Å²) in [7, 11) is 3.42. The molecule has 0 aliphatic carbocycles. The molecule has 0 saturated heterocycles. The van der Waals surface area contributed by atoms with Crippen molar-refractivity contribution in [1.82, 2.24) is 15.1 Å². The molecule has 2 N–H and O–H groups in total. The normalized spacial score (nSPS) is 12.8. The number of likely N-dealkylation sites (N-methyl/N-ethyl adjacent to an activating group) is 1. The van der Waals surface area contributed by atoms with Gasteiger partial charge in [0.05, 0.1) is 5.69 Å². The lowest BCUT2D eigenvalue weighted by atomic mass is 10.1. The number of carbonyl (C=O) groups is 1. The number of aliphatic carboxylic acids is 1. The highest BCUT2D eigenvalue weighted by atomic mass is 16.4. The molecule has 0 fully saturated rings. The van der Waals surface area contributed by atoms with Crippen LogP contribution >= 0.6 is 0 Å². The molecule has 14 heavy (non-hydrogen) atoms. The van der Waals surface area contributed by atoms with Gasteiger partial charge in [-0.25, -0.2) is 0 Å². The topological polar surface area (TPSA) is 67.2 Å². The first-order chi connectivity index (χ1) is 6.60. The molecule has 1 atom stereocenters. The van der Waals surface area contributed by atoms with Crippen molar-refractivity contribution in [2.75, 3.05) is 7.05 Å². The smallest absolute Gasteiger partial charge is 0.325 e. The standard InChI is InChI=1S/C9H15N3O2/c1-4-7-6(5-12(3)11-7)8(10-2)9(13)14/h5,8,10H,4H2,1-3H3,(H,13,14). The summed E-state index contributed by atoms with van der Waals surface area (Å²) in [5.41, 5.74) is 1.57. The number of nitrogens with one attached hydrogen (secondary N) is 1. The van der Waals surface area contributed by atoms with E-state index in [2.05, 4.69) is 10.4 Å². The van der Waals surface area contributed by atoms with Gasteiger partial charge in [0.15, 0.2) is 0 Å². The van der Waals surface area contributed by atoms with Crippen molar-refractivity contribution in [3.63, 3.8) is 0 Å². The Morgan fingerprint density at radius 3 is 2.86 bits per heavy atom. The van der Waals surface area contributed by atoms with Crippen LogP contribution in [0.3, 0.4) is 0 Å². The van der Waals surface area contributed by atoms with Crippen molar-refractivity contribution in [3.8, 4) is 0 Å². The van der Waals surface area contributed by atoms with Gasteiger partial charge in [0.25, 0.3) is 0 Å². The molecule has 0 aliphatic heterocycles. The fraction of sp³-hybridized carbons (Fsp3) is 0.556. The van der Waals surface area contributed by atoms with Crippen molar-refractivity contribution < 1.29 is 9.90 Å². The van der Waals surface area contributed by atoms with Gasteiger partial charge in [-0.05, 0) is 13.5 Å². The Balaban J connectivity index is 3.08. The molecular formula is C9H15N3O2. The van der Waals surface area contributed by atoms with E-state index >= 15 is 0 Å². The Morgan fingerprint density at radius 1 is 1.79 bits per heavy atom. The number of hydrogen-bond donors (Lipinski definition) is 2. The van der Waals surface area contributed by atoms with Crippen LogP contribution in [-0.4, -0.2) is 27.9 Å². The zero-order valence-electron chi connectivity index (χ0n) is 8.61. The SMILES string of the molecule is CCc1nn(C)cc1C(NC)C(=O)O. The van der Waals surface area contributed by atoms with E-state index in [4.69, 9.17) is 5.11 Å². The molecule has 0 aromatic carbocycles. The number of hydrogen-bond acceptors (Lipinski definition) is 3. The van der Waals surface area contributed by atoms with Gasteiger partial charge >= 0.3 is 5.97 Å². The summed E-state index contributed by atoms with van der Waals surface area (Å²) in [6.07, 6.45) is 2.48. The summed E-state index contributed by atoms with van der Waals surface area (Å²) in [4.78, 5) is 10.9. The average Bonchev–Trinajstić information content (AvgIpc) is 2.47. The summed E-state index contributed by atoms with van der Waals surface area (Å²) in [6, 6.07) is -0.668. The molecule has 1 aromatic rings. The van der Waals surface area contributed by atoms with Crippen LogP contribution in [0.25, 0.3) is 0 Å². The van der Waals surface area contributed by atoms with Crippen LogP contribution in [0, 0.1) is 0 Å². The quantitative estimate of drug-likeness (QED) is 0.729. The Kier molecular flexibility index (Phi) is 3.24. The third-order valence-electron chi connectivity index (χ3n) is 2.12.